The highest BCUT2D eigenvalue weighted by atomic mass is 35.5. The fourth-order valence-electron chi connectivity index (χ4n) is 5.41. The predicted molar refractivity (Wildman–Crippen MR) is 174 cm³/mol. The molecule has 1 atom stereocenters. The Kier molecular flexibility index (Phi) is 9.69. The standard InChI is InChI=1S/C33H32ClFN4O6S/c1-38-11-13-39(14-12-38)15-17-44-23-10-9-21(29(35)28(23)34)26-27-31(36-19-37-32(27)46-30(26)24-8-5-16-43-24)45-25(33(40)41)18-20-6-3-4-7-22(20)42-2/h3-10,16,19,25H,11-15,17-18H2,1-2H3,(H,40,41)/t25-/m1/s1. The van der Waals surface area contributed by atoms with Crippen molar-refractivity contribution in [2.75, 3.05) is 53.5 Å². The monoisotopic (exact) mass is 666 g/mol. The number of carboxylic acid groups (broad SMARTS) is 1. The van der Waals surface area contributed by atoms with Gasteiger partial charge in [-0.05, 0) is 42.9 Å². The summed E-state index contributed by atoms with van der Waals surface area (Å²) in [6.45, 7) is 4.91. The van der Waals surface area contributed by atoms with Crippen LogP contribution in [-0.2, 0) is 11.2 Å². The normalized spacial score (nSPS) is 14.8. The van der Waals surface area contributed by atoms with Crippen molar-refractivity contribution >= 4 is 39.1 Å². The largest absolute Gasteiger partial charge is 0.496 e. The van der Waals surface area contributed by atoms with Gasteiger partial charge in [0.15, 0.2) is 5.82 Å². The van der Waals surface area contributed by atoms with Crippen LogP contribution in [0.1, 0.15) is 5.56 Å². The Morgan fingerprint density at radius 2 is 1.91 bits per heavy atom. The molecule has 0 amide bonds. The fourth-order valence-corrected chi connectivity index (χ4v) is 6.75. The number of carboxylic acids is 1. The summed E-state index contributed by atoms with van der Waals surface area (Å²) in [4.78, 5) is 26.7. The molecule has 0 radical (unpaired) electrons. The summed E-state index contributed by atoms with van der Waals surface area (Å²) in [5, 5.41) is 10.3. The number of furan rings is 1. The van der Waals surface area contributed by atoms with Gasteiger partial charge in [0.1, 0.15) is 40.0 Å². The van der Waals surface area contributed by atoms with Gasteiger partial charge >= 0.3 is 5.97 Å². The Balaban J connectivity index is 1.36. The van der Waals surface area contributed by atoms with E-state index in [0.717, 1.165) is 26.2 Å². The molecule has 0 spiro atoms. The molecule has 0 aliphatic carbocycles. The predicted octanol–water partition coefficient (Wildman–Crippen LogP) is 6.12. The minimum atomic E-state index is -1.33. The first-order valence-corrected chi connectivity index (χ1v) is 15.9. The molecule has 0 bridgehead atoms. The number of aliphatic carboxylic acids is 1. The number of hydrogen-bond acceptors (Lipinski definition) is 10. The van der Waals surface area contributed by atoms with Crippen LogP contribution in [0.5, 0.6) is 17.4 Å². The van der Waals surface area contributed by atoms with Crippen LogP contribution in [-0.4, -0.2) is 90.4 Å². The molecule has 1 aliphatic heterocycles. The smallest absolute Gasteiger partial charge is 0.345 e. The third kappa shape index (κ3) is 6.66. The molecule has 46 heavy (non-hydrogen) atoms. The number of benzene rings is 2. The van der Waals surface area contributed by atoms with Crippen LogP contribution >= 0.6 is 22.9 Å². The van der Waals surface area contributed by atoms with E-state index >= 15 is 4.39 Å². The number of nitrogens with zero attached hydrogens (tertiary/aromatic N) is 4. The zero-order valence-corrected chi connectivity index (χ0v) is 26.8. The lowest BCUT2D eigenvalue weighted by Crippen LogP contribution is -2.45. The van der Waals surface area contributed by atoms with E-state index in [0.29, 0.717) is 50.9 Å². The molecule has 13 heteroatoms. The zero-order chi connectivity index (χ0) is 32.2. The van der Waals surface area contributed by atoms with E-state index in [1.807, 2.05) is 0 Å². The minimum Gasteiger partial charge on any atom is -0.496 e. The first-order chi connectivity index (χ1) is 22.3. The van der Waals surface area contributed by atoms with Crippen molar-refractivity contribution in [1.29, 1.82) is 0 Å². The van der Waals surface area contributed by atoms with Crippen molar-refractivity contribution in [3.63, 3.8) is 0 Å². The lowest BCUT2D eigenvalue weighted by Gasteiger charge is -2.32. The number of carbonyl (C=O) groups is 1. The molecule has 6 rings (SSSR count). The van der Waals surface area contributed by atoms with Gasteiger partial charge in [-0.2, -0.15) is 0 Å². The van der Waals surface area contributed by atoms with Crippen molar-refractivity contribution in [3.05, 3.63) is 77.5 Å². The SMILES string of the molecule is COc1ccccc1C[C@@H](Oc1ncnc2sc(-c3ccco3)c(-c3ccc(OCCN4CCN(C)CC4)c(Cl)c3F)c12)C(=O)O. The number of piperazine rings is 1. The quantitative estimate of drug-likeness (QED) is 0.167. The van der Waals surface area contributed by atoms with Crippen molar-refractivity contribution in [2.24, 2.45) is 0 Å². The third-order valence-electron chi connectivity index (χ3n) is 7.90. The molecule has 3 aromatic heterocycles. The summed E-state index contributed by atoms with van der Waals surface area (Å²) in [6, 6.07) is 13.8. The zero-order valence-electron chi connectivity index (χ0n) is 25.2. The van der Waals surface area contributed by atoms with Gasteiger partial charge < -0.3 is 28.6 Å². The van der Waals surface area contributed by atoms with Gasteiger partial charge in [-0.1, -0.05) is 29.8 Å². The van der Waals surface area contributed by atoms with Gasteiger partial charge in [0.25, 0.3) is 0 Å². The van der Waals surface area contributed by atoms with Crippen molar-refractivity contribution in [1.82, 2.24) is 19.8 Å². The van der Waals surface area contributed by atoms with Crippen molar-refractivity contribution < 1.29 is 32.9 Å². The minimum absolute atomic E-state index is 0.00426. The Morgan fingerprint density at radius 1 is 1.11 bits per heavy atom. The number of para-hydroxylation sites is 1. The molecule has 1 aliphatic rings. The van der Waals surface area contributed by atoms with E-state index in [-0.39, 0.29) is 28.6 Å². The number of fused-ring (bicyclic) bond motifs is 1. The van der Waals surface area contributed by atoms with E-state index in [1.54, 1.807) is 48.5 Å². The maximum atomic E-state index is 16.2. The first-order valence-electron chi connectivity index (χ1n) is 14.7. The molecule has 0 unspecified atom stereocenters. The molecular weight excluding hydrogens is 635 g/mol. The lowest BCUT2D eigenvalue weighted by molar-refractivity contribution is -0.145. The number of ether oxygens (including phenoxy) is 3. The Labute approximate surface area is 273 Å². The molecule has 5 aromatic rings. The molecule has 0 saturated carbocycles. The van der Waals surface area contributed by atoms with Crippen LogP contribution in [0.3, 0.4) is 0 Å². The molecule has 1 saturated heterocycles. The Morgan fingerprint density at radius 3 is 2.65 bits per heavy atom. The van der Waals surface area contributed by atoms with Crippen LogP contribution < -0.4 is 14.2 Å². The highest BCUT2D eigenvalue weighted by Crippen LogP contribution is 2.49. The van der Waals surface area contributed by atoms with Crippen LogP contribution in [0.2, 0.25) is 5.02 Å². The number of rotatable bonds is 12. The lowest BCUT2D eigenvalue weighted by atomic mass is 10.0. The third-order valence-corrected chi connectivity index (χ3v) is 9.37. The number of likely N-dealkylation sites (N-methyl/N-ethyl adjacent to an activating group) is 1. The molecular formula is C33H32ClFN4O6S. The van der Waals surface area contributed by atoms with Crippen LogP contribution in [0.4, 0.5) is 4.39 Å². The second-order valence-corrected chi connectivity index (χ2v) is 12.2. The Bertz CT molecular complexity index is 1830. The van der Waals surface area contributed by atoms with E-state index < -0.39 is 17.9 Å². The number of thiophene rings is 1. The molecule has 1 fully saturated rings. The van der Waals surface area contributed by atoms with E-state index in [2.05, 4.69) is 26.8 Å². The molecule has 4 heterocycles. The summed E-state index contributed by atoms with van der Waals surface area (Å²) in [6.07, 6.45) is 1.46. The summed E-state index contributed by atoms with van der Waals surface area (Å²) < 4.78 is 39.4. The molecule has 2 aromatic carbocycles. The van der Waals surface area contributed by atoms with Crippen LogP contribution in [0.15, 0.2) is 65.5 Å². The molecule has 240 valence electrons. The average molecular weight is 667 g/mol. The maximum absolute atomic E-state index is 16.2. The van der Waals surface area contributed by atoms with Crippen molar-refractivity contribution in [2.45, 2.75) is 12.5 Å². The maximum Gasteiger partial charge on any atom is 0.345 e. The summed E-state index contributed by atoms with van der Waals surface area (Å²) in [5.41, 5.74) is 1.16. The highest BCUT2D eigenvalue weighted by Gasteiger charge is 2.29. The fraction of sp³-hybridized carbons (Fsp3) is 0.303. The van der Waals surface area contributed by atoms with Gasteiger partial charge in [0, 0.05) is 50.3 Å². The first kappa shape index (κ1) is 31.7. The van der Waals surface area contributed by atoms with Crippen LogP contribution in [0.25, 0.3) is 32.0 Å². The second kappa shape index (κ2) is 14.0. The number of hydrogen-bond donors (Lipinski definition) is 1. The summed E-state index contributed by atoms with van der Waals surface area (Å²) >= 11 is 7.82. The second-order valence-electron chi connectivity index (χ2n) is 10.8. The molecule has 1 N–H and O–H groups in total. The van der Waals surface area contributed by atoms with E-state index in [1.165, 1.54) is 31.0 Å². The Hall–Kier alpha value is -4.23. The van der Waals surface area contributed by atoms with Gasteiger partial charge in [-0.25, -0.2) is 19.2 Å². The average Bonchev–Trinajstić information content (AvgIpc) is 3.73. The van der Waals surface area contributed by atoms with Crippen LogP contribution in [0, 0.1) is 5.82 Å². The van der Waals surface area contributed by atoms with E-state index in [4.69, 9.17) is 30.2 Å². The number of methoxy groups -OCH3 is 1. The number of halogens is 2. The highest BCUT2D eigenvalue weighted by molar-refractivity contribution is 7.22. The van der Waals surface area contributed by atoms with E-state index in [9.17, 15) is 9.90 Å². The van der Waals surface area contributed by atoms with Gasteiger partial charge in [-0.3, -0.25) is 4.90 Å². The summed E-state index contributed by atoms with van der Waals surface area (Å²) in [7, 11) is 3.61. The molecule has 10 nitrogen and oxygen atoms in total. The van der Waals surface area contributed by atoms with Crippen molar-refractivity contribution in [3.8, 4) is 39.1 Å². The topological polar surface area (TPSA) is 110 Å². The van der Waals surface area contributed by atoms with Gasteiger partial charge in [0.05, 0.1) is 23.6 Å². The van der Waals surface area contributed by atoms with Gasteiger partial charge in [0.2, 0.25) is 12.0 Å². The summed E-state index contributed by atoms with van der Waals surface area (Å²) in [5.74, 6) is -0.691. The van der Waals surface area contributed by atoms with Gasteiger partial charge in [-0.15, -0.1) is 11.3 Å². The number of aromatic nitrogens is 2.